The van der Waals surface area contributed by atoms with Gasteiger partial charge in [0.15, 0.2) is 11.5 Å². The lowest BCUT2D eigenvalue weighted by Gasteiger charge is -2.02. The Bertz CT molecular complexity index is 980. The third-order valence-electron chi connectivity index (χ3n) is 3.89. The SMILES string of the molecule is O=C(NCC#CCOc1ccc2c(c1)OCO2)c1cc2ccccc2[nH]1. The molecule has 3 aromatic rings. The Morgan fingerprint density at radius 2 is 2.00 bits per heavy atom. The van der Waals surface area contributed by atoms with Crippen LogP contribution < -0.4 is 19.5 Å². The lowest BCUT2D eigenvalue weighted by Crippen LogP contribution is -2.23. The third kappa shape index (κ3) is 3.42. The van der Waals surface area contributed by atoms with Crippen LogP contribution in [0.25, 0.3) is 10.9 Å². The smallest absolute Gasteiger partial charge is 0.268 e. The number of ether oxygens (including phenoxy) is 3. The van der Waals surface area contributed by atoms with Crippen LogP contribution >= 0.6 is 0 Å². The molecule has 1 aliphatic heterocycles. The fourth-order valence-corrected chi connectivity index (χ4v) is 2.61. The fraction of sp³-hybridized carbons (Fsp3) is 0.150. The number of para-hydroxylation sites is 1. The highest BCUT2D eigenvalue weighted by molar-refractivity contribution is 5.98. The minimum atomic E-state index is -0.188. The van der Waals surface area contributed by atoms with Gasteiger partial charge < -0.3 is 24.5 Å². The third-order valence-corrected chi connectivity index (χ3v) is 3.89. The van der Waals surface area contributed by atoms with Crippen LogP contribution in [0.1, 0.15) is 10.5 Å². The predicted molar refractivity (Wildman–Crippen MR) is 96.5 cm³/mol. The van der Waals surface area contributed by atoms with Crippen molar-refractivity contribution in [2.45, 2.75) is 0 Å². The average Bonchev–Trinajstić information content (AvgIpc) is 3.30. The van der Waals surface area contributed by atoms with Crippen molar-refractivity contribution in [3.63, 3.8) is 0 Å². The number of hydrogen-bond acceptors (Lipinski definition) is 4. The summed E-state index contributed by atoms with van der Waals surface area (Å²) in [7, 11) is 0. The monoisotopic (exact) mass is 348 g/mol. The van der Waals surface area contributed by atoms with Crippen molar-refractivity contribution in [2.75, 3.05) is 19.9 Å². The Balaban J connectivity index is 1.25. The lowest BCUT2D eigenvalue weighted by atomic mass is 10.2. The molecule has 0 spiro atoms. The molecule has 130 valence electrons. The fourth-order valence-electron chi connectivity index (χ4n) is 2.61. The average molecular weight is 348 g/mol. The highest BCUT2D eigenvalue weighted by Crippen LogP contribution is 2.34. The quantitative estimate of drug-likeness (QED) is 0.711. The molecule has 0 unspecified atom stereocenters. The first kappa shape index (κ1) is 15.9. The van der Waals surface area contributed by atoms with Crippen LogP contribution in [-0.2, 0) is 0 Å². The van der Waals surface area contributed by atoms with Crippen molar-refractivity contribution in [2.24, 2.45) is 0 Å². The van der Waals surface area contributed by atoms with Crippen molar-refractivity contribution in [1.82, 2.24) is 10.3 Å². The highest BCUT2D eigenvalue weighted by atomic mass is 16.7. The van der Waals surface area contributed by atoms with Gasteiger partial charge in [0.05, 0.1) is 6.54 Å². The van der Waals surface area contributed by atoms with Gasteiger partial charge in [0, 0.05) is 17.0 Å². The van der Waals surface area contributed by atoms with Gasteiger partial charge in [-0.05, 0) is 24.3 Å². The van der Waals surface area contributed by atoms with Crippen LogP contribution in [0, 0.1) is 11.8 Å². The largest absolute Gasteiger partial charge is 0.481 e. The number of aromatic amines is 1. The van der Waals surface area contributed by atoms with Crippen LogP contribution in [0.3, 0.4) is 0 Å². The molecule has 6 heteroatoms. The van der Waals surface area contributed by atoms with Crippen LogP contribution in [0.4, 0.5) is 0 Å². The number of rotatable bonds is 4. The second-order valence-electron chi connectivity index (χ2n) is 5.61. The topological polar surface area (TPSA) is 72.6 Å². The Kier molecular flexibility index (Phi) is 4.35. The summed E-state index contributed by atoms with van der Waals surface area (Å²) in [6, 6.07) is 14.9. The first-order valence-corrected chi connectivity index (χ1v) is 8.14. The molecule has 0 saturated carbocycles. The summed E-state index contributed by atoms with van der Waals surface area (Å²) in [5, 5.41) is 3.76. The normalized spacial score (nSPS) is 11.7. The van der Waals surface area contributed by atoms with Gasteiger partial charge in [-0.15, -0.1) is 0 Å². The number of H-pyrrole nitrogens is 1. The van der Waals surface area contributed by atoms with Crippen LogP contribution in [0.5, 0.6) is 17.2 Å². The first-order valence-electron chi connectivity index (χ1n) is 8.14. The van der Waals surface area contributed by atoms with E-state index >= 15 is 0 Å². The maximum absolute atomic E-state index is 12.1. The van der Waals surface area contributed by atoms with Gasteiger partial charge in [0.1, 0.15) is 18.1 Å². The van der Waals surface area contributed by atoms with Crippen LogP contribution in [0.15, 0.2) is 48.5 Å². The summed E-state index contributed by atoms with van der Waals surface area (Å²) >= 11 is 0. The number of nitrogens with one attached hydrogen (secondary N) is 2. The lowest BCUT2D eigenvalue weighted by molar-refractivity contribution is 0.0954. The molecule has 0 atom stereocenters. The first-order chi connectivity index (χ1) is 12.8. The van der Waals surface area contributed by atoms with Gasteiger partial charge in [-0.3, -0.25) is 4.79 Å². The van der Waals surface area contributed by atoms with Gasteiger partial charge in [-0.1, -0.05) is 30.0 Å². The van der Waals surface area contributed by atoms with E-state index in [9.17, 15) is 4.79 Å². The maximum atomic E-state index is 12.1. The molecule has 0 bridgehead atoms. The van der Waals surface area contributed by atoms with E-state index in [1.807, 2.05) is 30.3 Å². The van der Waals surface area contributed by atoms with E-state index in [1.165, 1.54) is 0 Å². The van der Waals surface area contributed by atoms with E-state index < -0.39 is 0 Å². The number of aromatic nitrogens is 1. The Labute approximate surface area is 150 Å². The molecule has 2 heterocycles. The molecular weight excluding hydrogens is 332 g/mol. The van der Waals surface area contributed by atoms with Crippen molar-refractivity contribution >= 4 is 16.8 Å². The molecule has 26 heavy (non-hydrogen) atoms. The molecule has 1 aliphatic rings. The highest BCUT2D eigenvalue weighted by Gasteiger charge is 2.13. The minimum Gasteiger partial charge on any atom is -0.481 e. The molecular formula is C20H16N2O4. The number of fused-ring (bicyclic) bond motifs is 2. The summed E-state index contributed by atoms with van der Waals surface area (Å²) < 4.78 is 16.1. The van der Waals surface area contributed by atoms with Gasteiger partial charge in [0.2, 0.25) is 6.79 Å². The second-order valence-corrected chi connectivity index (χ2v) is 5.61. The zero-order chi connectivity index (χ0) is 17.8. The minimum absolute atomic E-state index is 0.188. The summed E-state index contributed by atoms with van der Waals surface area (Å²) in [6.07, 6.45) is 0. The van der Waals surface area contributed by atoms with Gasteiger partial charge in [-0.2, -0.15) is 0 Å². The Morgan fingerprint density at radius 3 is 2.92 bits per heavy atom. The maximum Gasteiger partial charge on any atom is 0.268 e. The van der Waals surface area contributed by atoms with E-state index in [0.717, 1.165) is 10.9 Å². The van der Waals surface area contributed by atoms with E-state index in [-0.39, 0.29) is 25.9 Å². The summed E-state index contributed by atoms with van der Waals surface area (Å²) in [5.41, 5.74) is 1.45. The van der Waals surface area contributed by atoms with E-state index in [2.05, 4.69) is 22.1 Å². The van der Waals surface area contributed by atoms with Gasteiger partial charge >= 0.3 is 0 Å². The molecule has 2 N–H and O–H groups in total. The molecule has 2 aromatic carbocycles. The molecule has 4 rings (SSSR count). The summed E-state index contributed by atoms with van der Waals surface area (Å²) in [6.45, 7) is 0.704. The number of benzene rings is 2. The van der Waals surface area contributed by atoms with E-state index in [4.69, 9.17) is 14.2 Å². The Morgan fingerprint density at radius 1 is 1.12 bits per heavy atom. The number of amides is 1. The zero-order valence-corrected chi connectivity index (χ0v) is 13.9. The molecule has 0 aliphatic carbocycles. The van der Waals surface area contributed by atoms with Crippen molar-refractivity contribution < 1.29 is 19.0 Å². The summed E-state index contributed by atoms with van der Waals surface area (Å²) in [4.78, 5) is 15.2. The number of hydrogen-bond donors (Lipinski definition) is 2. The number of carbonyl (C=O) groups excluding carboxylic acids is 1. The molecule has 1 aromatic heterocycles. The Hall–Kier alpha value is -3.59. The molecule has 6 nitrogen and oxygen atoms in total. The van der Waals surface area contributed by atoms with Crippen LogP contribution in [0.2, 0.25) is 0 Å². The van der Waals surface area contributed by atoms with E-state index in [0.29, 0.717) is 22.9 Å². The van der Waals surface area contributed by atoms with Crippen LogP contribution in [-0.4, -0.2) is 30.8 Å². The molecule has 0 saturated heterocycles. The van der Waals surface area contributed by atoms with Gasteiger partial charge in [0.25, 0.3) is 5.91 Å². The summed E-state index contributed by atoms with van der Waals surface area (Å²) in [5.74, 6) is 7.58. The van der Waals surface area contributed by atoms with Gasteiger partial charge in [-0.25, -0.2) is 0 Å². The van der Waals surface area contributed by atoms with Crippen molar-refractivity contribution in [1.29, 1.82) is 0 Å². The van der Waals surface area contributed by atoms with Crippen molar-refractivity contribution in [3.8, 4) is 29.1 Å². The number of carbonyl (C=O) groups is 1. The van der Waals surface area contributed by atoms with E-state index in [1.54, 1.807) is 18.2 Å². The van der Waals surface area contributed by atoms with Crippen molar-refractivity contribution in [3.05, 3.63) is 54.2 Å². The second kappa shape index (κ2) is 7.11. The zero-order valence-electron chi connectivity index (χ0n) is 13.9. The molecule has 1 amide bonds. The molecule has 0 radical (unpaired) electrons. The molecule has 0 fully saturated rings. The standard InChI is InChI=1S/C20H16N2O4/c23-20(17-11-14-5-1-2-6-16(14)22-17)21-9-3-4-10-24-15-7-8-18-19(12-15)26-13-25-18/h1-2,5-8,11-12,22H,9-10,13H2,(H,21,23). The predicted octanol–water partition coefficient (Wildman–Crippen LogP) is 2.71.